The van der Waals surface area contributed by atoms with E-state index in [1.165, 1.54) is 0 Å². The molecule has 0 aliphatic carbocycles. The van der Waals surface area contributed by atoms with Crippen molar-refractivity contribution in [2.45, 2.75) is 6.42 Å². The number of nitrogens with zero attached hydrogens (tertiary/aromatic N) is 1. The third kappa shape index (κ3) is 3.55. The van der Waals surface area contributed by atoms with Gasteiger partial charge in [0.05, 0.1) is 20.3 Å². The highest BCUT2D eigenvalue weighted by Crippen LogP contribution is 2.38. The Bertz CT molecular complexity index is 580. The van der Waals surface area contributed by atoms with Crippen LogP contribution in [0, 0.1) is 11.3 Å². The fourth-order valence-electron chi connectivity index (χ4n) is 3.98. The van der Waals surface area contributed by atoms with E-state index in [0.29, 0.717) is 19.0 Å². The van der Waals surface area contributed by atoms with Gasteiger partial charge in [-0.1, -0.05) is 18.2 Å². The third-order valence-corrected chi connectivity index (χ3v) is 5.34. The van der Waals surface area contributed by atoms with Crippen molar-refractivity contribution in [1.29, 1.82) is 0 Å². The lowest BCUT2D eigenvalue weighted by atomic mass is 9.82. The summed E-state index contributed by atoms with van der Waals surface area (Å²) in [7, 11) is 1.66. The van der Waals surface area contributed by atoms with Gasteiger partial charge in [0.15, 0.2) is 0 Å². The predicted octanol–water partition coefficient (Wildman–Crippen LogP) is -0.132. The average molecular weight is 333 g/mol. The molecule has 2 aliphatic heterocycles. The predicted molar refractivity (Wildman–Crippen MR) is 92.0 cm³/mol. The monoisotopic (exact) mass is 333 g/mol. The molecule has 2 fully saturated rings. The van der Waals surface area contributed by atoms with E-state index in [0.717, 1.165) is 43.9 Å². The first-order chi connectivity index (χ1) is 11.7. The van der Waals surface area contributed by atoms with Crippen molar-refractivity contribution in [2.24, 2.45) is 11.3 Å². The molecular formula is C18H27N3O3. The number of hydrogen-bond donors (Lipinski definition) is 3. The molecule has 0 spiro atoms. The molecule has 1 aromatic carbocycles. The van der Waals surface area contributed by atoms with E-state index in [4.69, 9.17) is 4.74 Å². The molecule has 6 nitrogen and oxygen atoms in total. The highest BCUT2D eigenvalue weighted by Gasteiger charge is 2.49. The van der Waals surface area contributed by atoms with Gasteiger partial charge in [-0.05, 0) is 30.5 Å². The quantitative estimate of drug-likeness (QED) is 0.648. The molecule has 0 bridgehead atoms. The maximum absolute atomic E-state index is 12.2. The van der Waals surface area contributed by atoms with Crippen LogP contribution in [0.3, 0.4) is 0 Å². The van der Waals surface area contributed by atoms with Crippen molar-refractivity contribution < 1.29 is 14.6 Å². The normalized spacial score (nSPS) is 26.3. The number of carbonyl (C=O) groups excluding carboxylic acids is 1. The van der Waals surface area contributed by atoms with Crippen molar-refractivity contribution in [3.05, 3.63) is 29.8 Å². The van der Waals surface area contributed by atoms with Gasteiger partial charge in [0.1, 0.15) is 5.75 Å². The number of ether oxygens (including phenoxy) is 1. The molecule has 2 atom stereocenters. The second kappa shape index (κ2) is 7.51. The Morgan fingerprint density at radius 3 is 3.08 bits per heavy atom. The fraction of sp³-hybridized carbons (Fsp3) is 0.611. The zero-order chi connectivity index (χ0) is 17.0. The molecule has 24 heavy (non-hydrogen) atoms. The van der Waals surface area contributed by atoms with Crippen LogP contribution in [0.5, 0.6) is 5.75 Å². The Balaban J connectivity index is 1.44. The van der Waals surface area contributed by atoms with Crippen LogP contribution in [0.1, 0.15) is 5.56 Å². The van der Waals surface area contributed by atoms with E-state index >= 15 is 0 Å². The summed E-state index contributed by atoms with van der Waals surface area (Å²) in [6.45, 7) is 4.66. The van der Waals surface area contributed by atoms with Crippen molar-refractivity contribution >= 4 is 5.91 Å². The molecule has 0 aromatic heterocycles. The molecule has 2 aliphatic rings. The number of carbonyl (C=O) groups is 1. The molecule has 1 amide bonds. The number of rotatable bonds is 7. The van der Waals surface area contributed by atoms with Gasteiger partial charge >= 0.3 is 0 Å². The van der Waals surface area contributed by atoms with E-state index in [2.05, 4.69) is 15.5 Å². The Morgan fingerprint density at radius 2 is 2.33 bits per heavy atom. The van der Waals surface area contributed by atoms with Gasteiger partial charge in [-0.2, -0.15) is 0 Å². The van der Waals surface area contributed by atoms with Gasteiger partial charge in [-0.3, -0.25) is 9.69 Å². The Kier molecular flexibility index (Phi) is 5.38. The van der Waals surface area contributed by atoms with Gasteiger partial charge in [0.25, 0.3) is 0 Å². The minimum absolute atomic E-state index is 0.0471. The summed E-state index contributed by atoms with van der Waals surface area (Å²) in [5, 5.41) is 16.1. The van der Waals surface area contributed by atoms with Crippen LogP contribution in [0.15, 0.2) is 24.3 Å². The largest absolute Gasteiger partial charge is 0.496 e. The number of nitrogens with one attached hydrogen (secondary N) is 2. The summed E-state index contributed by atoms with van der Waals surface area (Å²) in [4.78, 5) is 14.4. The standard InChI is InChI=1S/C18H27N3O3/c1-24-16-5-3-2-4-14(16)6-7-20-17(23)10-21-9-15-8-19-11-18(15,12-21)13-22/h2-5,15,19,22H,6-13H2,1H3,(H,20,23). The van der Waals surface area contributed by atoms with Crippen LogP contribution >= 0.6 is 0 Å². The summed E-state index contributed by atoms with van der Waals surface area (Å²) in [6, 6.07) is 7.87. The molecular weight excluding hydrogens is 306 g/mol. The first-order valence-corrected chi connectivity index (χ1v) is 8.59. The molecule has 3 N–H and O–H groups in total. The number of likely N-dealkylation sites (tertiary alicyclic amines) is 1. The molecule has 0 radical (unpaired) electrons. The van der Waals surface area contributed by atoms with Crippen molar-refractivity contribution in [1.82, 2.24) is 15.5 Å². The number of para-hydroxylation sites is 1. The lowest BCUT2D eigenvalue weighted by Gasteiger charge is -2.25. The van der Waals surface area contributed by atoms with Gasteiger partial charge in [0, 0.05) is 31.6 Å². The van der Waals surface area contributed by atoms with Crippen LogP contribution in [-0.2, 0) is 11.2 Å². The number of hydrogen-bond acceptors (Lipinski definition) is 5. The Labute approximate surface area is 143 Å². The van der Waals surface area contributed by atoms with Crippen molar-refractivity contribution in [2.75, 3.05) is 53.0 Å². The number of aliphatic hydroxyl groups excluding tert-OH is 1. The van der Waals surface area contributed by atoms with Crippen LogP contribution in [0.4, 0.5) is 0 Å². The highest BCUT2D eigenvalue weighted by molar-refractivity contribution is 5.78. The smallest absolute Gasteiger partial charge is 0.234 e. The van der Waals surface area contributed by atoms with E-state index in [1.807, 2.05) is 24.3 Å². The Hall–Kier alpha value is -1.63. The van der Waals surface area contributed by atoms with Crippen molar-refractivity contribution in [3.63, 3.8) is 0 Å². The second-order valence-corrected chi connectivity index (χ2v) is 6.93. The Morgan fingerprint density at radius 1 is 1.50 bits per heavy atom. The first kappa shape index (κ1) is 17.2. The summed E-state index contributed by atoms with van der Waals surface area (Å²) >= 11 is 0. The molecule has 2 heterocycles. The number of fused-ring (bicyclic) bond motifs is 1. The number of aliphatic hydroxyl groups is 1. The number of methoxy groups -OCH3 is 1. The summed E-state index contributed by atoms with van der Waals surface area (Å²) in [6.07, 6.45) is 0.753. The molecule has 1 aromatic rings. The van der Waals surface area contributed by atoms with E-state index < -0.39 is 0 Å². The molecule has 2 saturated heterocycles. The maximum atomic E-state index is 12.2. The van der Waals surface area contributed by atoms with Crippen LogP contribution < -0.4 is 15.4 Å². The van der Waals surface area contributed by atoms with Gasteiger partial charge in [-0.25, -0.2) is 0 Å². The maximum Gasteiger partial charge on any atom is 0.234 e. The first-order valence-electron chi connectivity index (χ1n) is 8.59. The van der Waals surface area contributed by atoms with Crippen molar-refractivity contribution in [3.8, 4) is 5.75 Å². The zero-order valence-corrected chi connectivity index (χ0v) is 14.3. The molecule has 132 valence electrons. The van der Waals surface area contributed by atoms with Crippen LogP contribution in [0.2, 0.25) is 0 Å². The van der Waals surface area contributed by atoms with E-state index in [9.17, 15) is 9.90 Å². The fourth-order valence-corrected chi connectivity index (χ4v) is 3.98. The van der Waals surface area contributed by atoms with Gasteiger partial charge in [0.2, 0.25) is 5.91 Å². The number of amides is 1. The summed E-state index contributed by atoms with van der Waals surface area (Å²) < 4.78 is 5.33. The summed E-state index contributed by atoms with van der Waals surface area (Å²) in [5.74, 6) is 1.35. The van der Waals surface area contributed by atoms with Gasteiger partial charge < -0.3 is 20.5 Å². The number of benzene rings is 1. The average Bonchev–Trinajstić information content (AvgIpc) is 3.12. The molecule has 0 saturated carbocycles. The second-order valence-electron chi connectivity index (χ2n) is 6.93. The minimum atomic E-state index is -0.0579. The lowest BCUT2D eigenvalue weighted by Crippen LogP contribution is -2.40. The van der Waals surface area contributed by atoms with Crippen LogP contribution in [0.25, 0.3) is 0 Å². The highest BCUT2D eigenvalue weighted by atomic mass is 16.5. The van der Waals surface area contributed by atoms with Crippen LogP contribution in [-0.4, -0.2) is 68.9 Å². The zero-order valence-electron chi connectivity index (χ0n) is 14.3. The third-order valence-electron chi connectivity index (χ3n) is 5.34. The molecule has 6 heteroatoms. The van der Waals surface area contributed by atoms with Gasteiger partial charge in [-0.15, -0.1) is 0 Å². The summed E-state index contributed by atoms with van der Waals surface area (Å²) in [5.41, 5.74) is 1.04. The minimum Gasteiger partial charge on any atom is -0.496 e. The molecule has 2 unspecified atom stereocenters. The van der Waals surface area contributed by atoms with E-state index in [-0.39, 0.29) is 17.9 Å². The topological polar surface area (TPSA) is 73.8 Å². The van der Waals surface area contributed by atoms with E-state index in [1.54, 1.807) is 7.11 Å². The molecule has 3 rings (SSSR count). The SMILES string of the molecule is COc1ccccc1CCNC(=O)CN1CC2CNCC2(CO)C1. The lowest BCUT2D eigenvalue weighted by molar-refractivity contribution is -0.122.